The van der Waals surface area contributed by atoms with Gasteiger partial charge in [0.2, 0.25) is 0 Å². The number of allylic oxidation sites excluding steroid dienone is 4. The molecule has 0 aromatic heterocycles. The average molecular weight is 233 g/mol. The molecule has 0 aromatic rings. The van der Waals surface area contributed by atoms with Gasteiger partial charge in [0.1, 0.15) is 0 Å². The maximum absolute atomic E-state index is 9.69. The predicted molar refractivity (Wildman–Crippen MR) is 44.4 cm³/mol. The van der Waals surface area contributed by atoms with Gasteiger partial charge in [0.15, 0.2) is 0 Å². The fraction of sp³-hybridized carbons (Fsp3) is 0.444. The molecular formula is C9H12CoF2O. The van der Waals surface area contributed by atoms with Gasteiger partial charge in [-0.2, -0.15) is 0 Å². The van der Waals surface area contributed by atoms with Crippen LogP contribution in [0.5, 0.6) is 0 Å². The Balaban J connectivity index is 0. The van der Waals surface area contributed by atoms with Crippen LogP contribution in [0, 0.1) is 0 Å². The zero-order valence-electron chi connectivity index (χ0n) is 7.14. The van der Waals surface area contributed by atoms with Crippen molar-refractivity contribution >= 4 is 6.29 Å². The molecule has 0 spiro atoms. The van der Waals surface area contributed by atoms with E-state index in [2.05, 4.69) is 24.3 Å². The summed E-state index contributed by atoms with van der Waals surface area (Å²) in [5.41, 5.74) is 0. The monoisotopic (exact) mass is 233 g/mol. The second kappa shape index (κ2) is 11.5. The Labute approximate surface area is 87.1 Å². The molecule has 0 atom stereocenters. The molecule has 4 heteroatoms. The molecule has 1 aliphatic rings. The van der Waals surface area contributed by atoms with Crippen LogP contribution >= 0.6 is 0 Å². The summed E-state index contributed by atoms with van der Waals surface area (Å²) in [6.07, 6.45) is 11.2. The van der Waals surface area contributed by atoms with Crippen LogP contribution in [0.15, 0.2) is 24.3 Å². The molecule has 1 nitrogen and oxygen atoms in total. The Morgan fingerprint density at radius 2 is 1.00 bits per heavy atom. The number of hydrogen-bond acceptors (Lipinski definition) is 1. The van der Waals surface area contributed by atoms with E-state index in [-0.39, 0.29) is 16.8 Å². The molecule has 1 aliphatic carbocycles. The van der Waals surface area contributed by atoms with Crippen LogP contribution < -0.4 is 0 Å². The topological polar surface area (TPSA) is 17.1 Å². The van der Waals surface area contributed by atoms with Crippen molar-refractivity contribution in [1.29, 1.82) is 0 Å². The van der Waals surface area contributed by atoms with Crippen molar-refractivity contribution in [3.63, 3.8) is 0 Å². The molecule has 1 rings (SSSR count). The van der Waals surface area contributed by atoms with Crippen molar-refractivity contribution in [1.82, 2.24) is 0 Å². The van der Waals surface area contributed by atoms with Gasteiger partial charge in [-0.3, -0.25) is 0 Å². The molecule has 0 aliphatic heterocycles. The first-order valence-electron chi connectivity index (χ1n) is 3.88. The van der Waals surface area contributed by atoms with Gasteiger partial charge in [-0.25, -0.2) is 4.79 Å². The van der Waals surface area contributed by atoms with E-state index in [1.54, 1.807) is 0 Å². The Bertz CT molecular complexity index is 148. The number of carbonyl (C=O) groups excluding carboxylic acids is 1. The van der Waals surface area contributed by atoms with E-state index in [1.807, 2.05) is 0 Å². The van der Waals surface area contributed by atoms with Gasteiger partial charge < -0.3 is 0 Å². The Hall–Kier alpha value is -0.484. The van der Waals surface area contributed by atoms with Crippen molar-refractivity contribution in [2.24, 2.45) is 0 Å². The van der Waals surface area contributed by atoms with Crippen LogP contribution in [0.1, 0.15) is 25.7 Å². The fourth-order valence-electron chi connectivity index (χ4n) is 0.856. The van der Waals surface area contributed by atoms with Crippen molar-refractivity contribution in [2.45, 2.75) is 25.7 Å². The van der Waals surface area contributed by atoms with E-state index in [4.69, 9.17) is 4.79 Å². The van der Waals surface area contributed by atoms with Crippen LogP contribution in [0.4, 0.5) is 13.6 Å². The zero-order valence-corrected chi connectivity index (χ0v) is 8.18. The molecule has 0 bridgehead atoms. The van der Waals surface area contributed by atoms with Gasteiger partial charge in [0.25, 0.3) is 0 Å². The van der Waals surface area contributed by atoms with Crippen LogP contribution in [0.2, 0.25) is 0 Å². The minimum atomic E-state index is -2.83. The number of hydrogen-bond donors (Lipinski definition) is 0. The molecule has 0 saturated carbocycles. The van der Waals surface area contributed by atoms with E-state index < -0.39 is 6.29 Å². The van der Waals surface area contributed by atoms with E-state index in [9.17, 15) is 8.78 Å². The summed E-state index contributed by atoms with van der Waals surface area (Å²) in [7, 11) is 0. The molecule has 13 heavy (non-hydrogen) atoms. The normalized spacial score (nSPS) is 19.2. The van der Waals surface area contributed by atoms with Gasteiger partial charge >= 0.3 is 6.29 Å². The minimum absolute atomic E-state index is 0. The first-order valence-corrected chi connectivity index (χ1v) is 3.88. The number of rotatable bonds is 0. The van der Waals surface area contributed by atoms with Crippen molar-refractivity contribution in [2.75, 3.05) is 0 Å². The Kier molecular flexibility index (Phi) is 13.3. The van der Waals surface area contributed by atoms with Gasteiger partial charge in [-0.1, -0.05) is 24.3 Å². The van der Waals surface area contributed by atoms with Crippen LogP contribution in [-0.4, -0.2) is 6.29 Å². The summed E-state index contributed by atoms with van der Waals surface area (Å²) in [6.45, 7) is 0. The third kappa shape index (κ3) is 18.5. The maximum atomic E-state index is 9.69. The van der Waals surface area contributed by atoms with Gasteiger partial charge in [-0.15, -0.1) is 8.78 Å². The summed E-state index contributed by atoms with van der Waals surface area (Å²) in [5, 5.41) is 0. The second-order valence-electron chi connectivity index (χ2n) is 2.32. The SMILES string of the molecule is C1=C\CC/C=C\CC/1.O=C(F)F.[Co]. The molecule has 0 heterocycles. The predicted octanol–water partition coefficient (Wildman–Crippen LogP) is 3.72. The van der Waals surface area contributed by atoms with E-state index in [0.717, 1.165) is 0 Å². The average Bonchev–Trinajstić information content (AvgIpc) is 1.82. The molecular weight excluding hydrogens is 221 g/mol. The first-order chi connectivity index (χ1) is 5.73. The second-order valence-corrected chi connectivity index (χ2v) is 2.32. The molecule has 0 fully saturated rings. The molecule has 77 valence electrons. The molecule has 0 aromatic carbocycles. The van der Waals surface area contributed by atoms with Gasteiger partial charge in [0, 0.05) is 16.8 Å². The first kappa shape index (κ1) is 15.0. The maximum Gasteiger partial charge on any atom is 0.483 e. The fourth-order valence-corrected chi connectivity index (χ4v) is 0.856. The summed E-state index contributed by atoms with van der Waals surface area (Å²) in [5.74, 6) is 0. The smallest absolute Gasteiger partial charge is 0.219 e. The van der Waals surface area contributed by atoms with E-state index in [0.29, 0.717) is 0 Å². The number of halogens is 2. The third-order valence-corrected chi connectivity index (χ3v) is 1.33. The van der Waals surface area contributed by atoms with Crippen LogP contribution in [0.3, 0.4) is 0 Å². The van der Waals surface area contributed by atoms with Crippen molar-refractivity contribution in [3.8, 4) is 0 Å². The van der Waals surface area contributed by atoms with Gasteiger partial charge in [0.05, 0.1) is 0 Å². The summed E-state index contributed by atoms with van der Waals surface area (Å²) >= 11 is 0. The Morgan fingerprint density at radius 3 is 1.15 bits per heavy atom. The third-order valence-electron chi connectivity index (χ3n) is 1.33. The van der Waals surface area contributed by atoms with Crippen LogP contribution in [-0.2, 0) is 16.8 Å². The summed E-state index contributed by atoms with van der Waals surface area (Å²) in [4.78, 5) is 8.11. The minimum Gasteiger partial charge on any atom is -0.219 e. The number of carbonyl (C=O) groups is 1. The van der Waals surface area contributed by atoms with Gasteiger partial charge in [-0.05, 0) is 25.7 Å². The van der Waals surface area contributed by atoms with E-state index >= 15 is 0 Å². The molecule has 0 amide bonds. The largest absolute Gasteiger partial charge is 0.483 e. The van der Waals surface area contributed by atoms with Crippen molar-refractivity contribution in [3.05, 3.63) is 24.3 Å². The molecule has 0 unspecified atom stereocenters. The van der Waals surface area contributed by atoms with Crippen molar-refractivity contribution < 1.29 is 30.4 Å². The summed E-state index contributed by atoms with van der Waals surface area (Å²) in [6, 6.07) is 0. The zero-order chi connectivity index (χ0) is 9.23. The Morgan fingerprint density at radius 1 is 0.846 bits per heavy atom. The molecule has 0 N–H and O–H groups in total. The quantitative estimate of drug-likeness (QED) is 0.460. The standard InChI is InChI=1S/C8H12.CF2O.Co/c1-2-4-6-8-7-5-3-1;2-1(3)4;/h1-2,7-8H,3-6H2;;/b2-1-,8-7-;;. The van der Waals surface area contributed by atoms with E-state index in [1.165, 1.54) is 25.7 Å². The summed E-state index contributed by atoms with van der Waals surface area (Å²) < 4.78 is 19.4. The molecule has 0 saturated heterocycles. The molecule has 1 radical (unpaired) electrons. The van der Waals surface area contributed by atoms with Crippen LogP contribution in [0.25, 0.3) is 0 Å².